The molecule has 22 heavy (non-hydrogen) atoms. The van der Waals surface area contributed by atoms with Crippen LogP contribution >= 0.6 is 0 Å². The molecule has 1 fully saturated rings. The number of nitrogens with zero attached hydrogens (tertiary/aromatic N) is 1. The summed E-state index contributed by atoms with van der Waals surface area (Å²) >= 11 is 0. The molecular formula is C18H35NO3. The molecule has 0 radical (unpaired) electrons. The Morgan fingerprint density at radius 3 is 2.36 bits per heavy atom. The highest BCUT2D eigenvalue weighted by Gasteiger charge is 2.11. The second-order valence-corrected chi connectivity index (χ2v) is 7.50. The van der Waals surface area contributed by atoms with Gasteiger partial charge in [0.1, 0.15) is 6.61 Å². The Kier molecular flexibility index (Phi) is 9.73. The van der Waals surface area contributed by atoms with E-state index in [-0.39, 0.29) is 5.97 Å². The quantitative estimate of drug-likeness (QED) is 0.456. The van der Waals surface area contributed by atoms with E-state index in [1.165, 1.54) is 25.7 Å². The van der Waals surface area contributed by atoms with E-state index in [0.717, 1.165) is 45.7 Å². The lowest BCUT2D eigenvalue weighted by molar-refractivity contribution is -0.144. The summed E-state index contributed by atoms with van der Waals surface area (Å²) in [6, 6.07) is 0. The second-order valence-electron chi connectivity index (χ2n) is 7.50. The maximum Gasteiger partial charge on any atom is 0.305 e. The van der Waals surface area contributed by atoms with Gasteiger partial charge in [0.2, 0.25) is 0 Å². The summed E-state index contributed by atoms with van der Waals surface area (Å²) in [4.78, 5) is 13.9. The van der Waals surface area contributed by atoms with Gasteiger partial charge in [-0.25, -0.2) is 0 Å². The van der Waals surface area contributed by atoms with Crippen molar-refractivity contribution in [1.29, 1.82) is 0 Å². The number of morpholine rings is 1. The Labute approximate surface area is 136 Å². The molecule has 0 aromatic heterocycles. The van der Waals surface area contributed by atoms with Crippen LogP contribution in [0.1, 0.15) is 65.7 Å². The van der Waals surface area contributed by atoms with Crippen molar-refractivity contribution in [3.63, 3.8) is 0 Å². The summed E-state index contributed by atoms with van der Waals surface area (Å²) < 4.78 is 10.6. The summed E-state index contributed by atoms with van der Waals surface area (Å²) in [5.74, 6) is -0.0389. The van der Waals surface area contributed by atoms with Crippen LogP contribution < -0.4 is 0 Å². The zero-order chi connectivity index (χ0) is 16.3. The lowest BCUT2D eigenvalue weighted by Gasteiger charge is -2.26. The molecule has 0 amide bonds. The summed E-state index contributed by atoms with van der Waals surface area (Å²) in [6.07, 6.45) is 7.78. The molecule has 1 aliphatic rings. The van der Waals surface area contributed by atoms with Gasteiger partial charge in [-0.05, 0) is 18.3 Å². The normalized spacial score (nSPS) is 16.7. The first-order chi connectivity index (χ1) is 10.5. The van der Waals surface area contributed by atoms with Crippen LogP contribution in [-0.4, -0.2) is 50.3 Å². The smallest absolute Gasteiger partial charge is 0.305 e. The lowest BCUT2D eigenvalue weighted by atomic mass is 9.89. The minimum atomic E-state index is -0.0389. The molecule has 4 heteroatoms. The third kappa shape index (κ3) is 11.0. The van der Waals surface area contributed by atoms with E-state index in [2.05, 4.69) is 25.7 Å². The van der Waals surface area contributed by atoms with Crippen LogP contribution in [0.2, 0.25) is 0 Å². The molecule has 1 rings (SSSR count). The monoisotopic (exact) mass is 313 g/mol. The van der Waals surface area contributed by atoms with Gasteiger partial charge in [-0.2, -0.15) is 0 Å². The maximum absolute atomic E-state index is 11.6. The number of rotatable bonds is 10. The molecule has 130 valence electrons. The predicted octanol–water partition coefficient (Wildman–Crippen LogP) is 3.64. The fourth-order valence-electron chi connectivity index (χ4n) is 2.64. The van der Waals surface area contributed by atoms with Crippen LogP contribution in [0.15, 0.2) is 0 Å². The van der Waals surface area contributed by atoms with Crippen molar-refractivity contribution >= 4 is 5.97 Å². The SMILES string of the molecule is CC(C)(C)CCCCCCCC(=O)OCCN1CCOCC1. The number of ether oxygens (including phenoxy) is 2. The second kappa shape index (κ2) is 11.0. The van der Waals surface area contributed by atoms with Crippen LogP contribution in [-0.2, 0) is 14.3 Å². The average molecular weight is 313 g/mol. The van der Waals surface area contributed by atoms with Crippen LogP contribution in [0.25, 0.3) is 0 Å². The highest BCUT2D eigenvalue weighted by atomic mass is 16.5. The largest absolute Gasteiger partial charge is 0.464 e. The molecule has 0 unspecified atom stereocenters. The van der Waals surface area contributed by atoms with E-state index >= 15 is 0 Å². The van der Waals surface area contributed by atoms with Crippen LogP contribution in [0, 0.1) is 5.41 Å². The molecule has 1 aliphatic heterocycles. The molecule has 0 spiro atoms. The van der Waals surface area contributed by atoms with Crippen LogP contribution in [0.4, 0.5) is 0 Å². The molecule has 1 saturated heterocycles. The summed E-state index contributed by atoms with van der Waals surface area (Å²) in [7, 11) is 0. The Balaban J connectivity index is 1.86. The first-order valence-electron chi connectivity index (χ1n) is 8.93. The van der Waals surface area contributed by atoms with Gasteiger partial charge >= 0.3 is 5.97 Å². The molecule has 0 aliphatic carbocycles. The van der Waals surface area contributed by atoms with Crippen molar-refractivity contribution in [1.82, 2.24) is 4.90 Å². The highest BCUT2D eigenvalue weighted by molar-refractivity contribution is 5.69. The third-order valence-electron chi connectivity index (χ3n) is 4.08. The van der Waals surface area contributed by atoms with Crippen molar-refractivity contribution in [2.45, 2.75) is 65.7 Å². The average Bonchev–Trinajstić information content (AvgIpc) is 2.46. The van der Waals surface area contributed by atoms with Gasteiger partial charge in [0.25, 0.3) is 0 Å². The van der Waals surface area contributed by atoms with Crippen molar-refractivity contribution in [3.05, 3.63) is 0 Å². The molecule has 0 aromatic rings. The molecule has 0 atom stereocenters. The molecular weight excluding hydrogens is 278 g/mol. The van der Waals surface area contributed by atoms with Crippen LogP contribution in [0.3, 0.4) is 0 Å². The fraction of sp³-hybridized carbons (Fsp3) is 0.944. The number of unbranched alkanes of at least 4 members (excludes halogenated alkanes) is 4. The maximum atomic E-state index is 11.6. The van der Waals surface area contributed by atoms with E-state index < -0.39 is 0 Å². The van der Waals surface area contributed by atoms with Crippen molar-refractivity contribution < 1.29 is 14.3 Å². The highest BCUT2D eigenvalue weighted by Crippen LogP contribution is 2.22. The van der Waals surface area contributed by atoms with Gasteiger partial charge in [0.15, 0.2) is 0 Å². The number of carbonyl (C=O) groups is 1. The van der Waals surface area contributed by atoms with E-state index in [1.807, 2.05) is 0 Å². The first kappa shape index (κ1) is 19.4. The Morgan fingerprint density at radius 1 is 1.05 bits per heavy atom. The van der Waals surface area contributed by atoms with E-state index in [4.69, 9.17) is 9.47 Å². The van der Waals surface area contributed by atoms with Crippen LogP contribution in [0.5, 0.6) is 0 Å². The molecule has 0 aromatic carbocycles. The standard InChI is InChI=1S/C18H35NO3/c1-18(2,3)10-8-6-4-5-7-9-17(20)22-16-13-19-11-14-21-15-12-19/h4-16H2,1-3H3. The fourth-order valence-corrected chi connectivity index (χ4v) is 2.64. The minimum Gasteiger partial charge on any atom is -0.464 e. The predicted molar refractivity (Wildman–Crippen MR) is 90.0 cm³/mol. The van der Waals surface area contributed by atoms with Gasteiger partial charge in [0, 0.05) is 26.1 Å². The lowest BCUT2D eigenvalue weighted by Crippen LogP contribution is -2.38. The Hall–Kier alpha value is -0.610. The van der Waals surface area contributed by atoms with Gasteiger partial charge in [-0.15, -0.1) is 0 Å². The van der Waals surface area contributed by atoms with Gasteiger partial charge < -0.3 is 9.47 Å². The zero-order valence-corrected chi connectivity index (χ0v) is 14.9. The van der Waals surface area contributed by atoms with Gasteiger partial charge in [0.05, 0.1) is 13.2 Å². The van der Waals surface area contributed by atoms with Gasteiger partial charge in [-0.3, -0.25) is 9.69 Å². The summed E-state index contributed by atoms with van der Waals surface area (Å²) in [6.45, 7) is 11.7. The molecule has 1 heterocycles. The van der Waals surface area contributed by atoms with E-state index in [1.54, 1.807) is 0 Å². The number of hydrogen-bond donors (Lipinski definition) is 0. The minimum absolute atomic E-state index is 0.0389. The molecule has 0 N–H and O–H groups in total. The molecule has 0 bridgehead atoms. The van der Waals surface area contributed by atoms with E-state index in [0.29, 0.717) is 18.4 Å². The third-order valence-corrected chi connectivity index (χ3v) is 4.08. The van der Waals surface area contributed by atoms with Crippen molar-refractivity contribution in [2.75, 3.05) is 39.5 Å². The zero-order valence-electron chi connectivity index (χ0n) is 14.9. The van der Waals surface area contributed by atoms with Gasteiger partial charge in [-0.1, -0.05) is 46.5 Å². The van der Waals surface area contributed by atoms with E-state index in [9.17, 15) is 4.79 Å². The Bertz CT molecular complexity index is 293. The number of carbonyl (C=O) groups excluding carboxylic acids is 1. The summed E-state index contributed by atoms with van der Waals surface area (Å²) in [5.41, 5.74) is 0.449. The number of hydrogen-bond acceptors (Lipinski definition) is 4. The summed E-state index contributed by atoms with van der Waals surface area (Å²) in [5, 5.41) is 0. The topological polar surface area (TPSA) is 38.8 Å². The first-order valence-corrected chi connectivity index (χ1v) is 8.93. The molecule has 4 nitrogen and oxygen atoms in total. The van der Waals surface area contributed by atoms with Crippen molar-refractivity contribution in [2.24, 2.45) is 5.41 Å². The van der Waals surface area contributed by atoms with Crippen molar-refractivity contribution in [3.8, 4) is 0 Å². The number of esters is 1. The molecule has 0 saturated carbocycles. The Morgan fingerprint density at radius 2 is 1.68 bits per heavy atom.